The number of nitrogens with zero attached hydrogens (tertiary/aromatic N) is 3. The molecule has 1 aromatic carbocycles. The topological polar surface area (TPSA) is 83.0 Å². The summed E-state index contributed by atoms with van der Waals surface area (Å²) in [5.41, 5.74) is 7.59. The third kappa shape index (κ3) is 2.97. The predicted molar refractivity (Wildman–Crippen MR) is 69.8 cm³/mol. The smallest absolute Gasteiger partial charge is 0.338 e. The van der Waals surface area contributed by atoms with Crippen LogP contribution >= 0.6 is 0 Å². The van der Waals surface area contributed by atoms with Gasteiger partial charge >= 0.3 is 5.97 Å². The molecular weight excluding hydrogens is 244 g/mol. The molecule has 2 N–H and O–H groups in total. The number of rotatable bonds is 4. The van der Waals surface area contributed by atoms with Crippen molar-refractivity contribution >= 4 is 5.97 Å². The van der Waals surface area contributed by atoms with Crippen molar-refractivity contribution in [3.63, 3.8) is 0 Å². The Bertz CT molecular complexity index is 578. The van der Waals surface area contributed by atoms with Crippen LogP contribution in [0, 0.1) is 0 Å². The number of aromatic nitrogens is 3. The summed E-state index contributed by atoms with van der Waals surface area (Å²) >= 11 is 0. The molecule has 0 radical (unpaired) electrons. The van der Waals surface area contributed by atoms with E-state index < -0.39 is 0 Å². The number of carbonyl (C=O) groups excluding carboxylic acids is 1. The fraction of sp³-hybridized carbons (Fsp3) is 0.308. The van der Waals surface area contributed by atoms with Gasteiger partial charge in [0.1, 0.15) is 0 Å². The van der Waals surface area contributed by atoms with Crippen LogP contribution in [0.25, 0.3) is 5.69 Å². The second kappa shape index (κ2) is 5.62. The van der Waals surface area contributed by atoms with Crippen molar-refractivity contribution in [3.05, 3.63) is 41.7 Å². The molecule has 0 spiro atoms. The molecule has 6 heteroatoms. The minimum Gasteiger partial charge on any atom is -0.459 e. The van der Waals surface area contributed by atoms with Gasteiger partial charge in [-0.05, 0) is 32.0 Å². The Morgan fingerprint density at radius 2 is 2.26 bits per heavy atom. The van der Waals surface area contributed by atoms with Crippen molar-refractivity contribution in [3.8, 4) is 5.69 Å². The van der Waals surface area contributed by atoms with E-state index in [0.717, 1.165) is 11.4 Å². The summed E-state index contributed by atoms with van der Waals surface area (Å²) in [6.07, 6.45) is 1.45. The predicted octanol–water partition coefficient (Wildman–Crippen LogP) is 1.29. The van der Waals surface area contributed by atoms with Crippen molar-refractivity contribution in [2.24, 2.45) is 5.73 Å². The Kier molecular flexibility index (Phi) is 3.91. The van der Waals surface area contributed by atoms with Crippen LogP contribution in [0.3, 0.4) is 0 Å². The first-order chi connectivity index (χ1) is 9.11. The maximum atomic E-state index is 11.8. The fourth-order valence-corrected chi connectivity index (χ4v) is 1.66. The quantitative estimate of drug-likeness (QED) is 0.837. The van der Waals surface area contributed by atoms with Crippen LogP contribution < -0.4 is 5.73 Å². The third-order valence-corrected chi connectivity index (χ3v) is 2.50. The Morgan fingerprint density at radius 1 is 1.47 bits per heavy atom. The average Bonchev–Trinajstić information content (AvgIpc) is 2.86. The Balaban J connectivity index is 2.32. The second-order valence-corrected chi connectivity index (χ2v) is 4.35. The van der Waals surface area contributed by atoms with E-state index in [-0.39, 0.29) is 12.1 Å². The lowest BCUT2D eigenvalue weighted by Crippen LogP contribution is -2.12. The second-order valence-electron chi connectivity index (χ2n) is 4.35. The van der Waals surface area contributed by atoms with Gasteiger partial charge in [0.05, 0.1) is 29.2 Å². The lowest BCUT2D eigenvalue weighted by atomic mass is 10.2. The van der Waals surface area contributed by atoms with Crippen LogP contribution in [0.4, 0.5) is 0 Å². The summed E-state index contributed by atoms with van der Waals surface area (Å²) in [6, 6.07) is 7.01. The van der Waals surface area contributed by atoms with Crippen LogP contribution in [-0.4, -0.2) is 27.1 Å². The number of esters is 1. The van der Waals surface area contributed by atoms with Gasteiger partial charge in [0, 0.05) is 6.54 Å². The van der Waals surface area contributed by atoms with E-state index >= 15 is 0 Å². The maximum absolute atomic E-state index is 11.8. The summed E-state index contributed by atoms with van der Waals surface area (Å²) in [5, 5.41) is 7.76. The van der Waals surface area contributed by atoms with Crippen molar-refractivity contribution in [1.29, 1.82) is 0 Å². The minimum absolute atomic E-state index is 0.151. The maximum Gasteiger partial charge on any atom is 0.338 e. The number of benzene rings is 1. The molecule has 0 aliphatic rings. The van der Waals surface area contributed by atoms with E-state index in [2.05, 4.69) is 10.3 Å². The van der Waals surface area contributed by atoms with Gasteiger partial charge in [-0.2, -0.15) is 0 Å². The Labute approximate surface area is 111 Å². The highest BCUT2D eigenvalue weighted by Gasteiger charge is 2.11. The van der Waals surface area contributed by atoms with Gasteiger partial charge in [-0.25, -0.2) is 9.48 Å². The zero-order valence-electron chi connectivity index (χ0n) is 10.9. The monoisotopic (exact) mass is 260 g/mol. The van der Waals surface area contributed by atoms with E-state index in [9.17, 15) is 4.79 Å². The lowest BCUT2D eigenvalue weighted by molar-refractivity contribution is 0.0378. The van der Waals surface area contributed by atoms with Crippen molar-refractivity contribution < 1.29 is 9.53 Å². The zero-order chi connectivity index (χ0) is 13.8. The molecule has 0 amide bonds. The number of ether oxygens (including phenoxy) is 1. The molecule has 0 fully saturated rings. The number of carbonyl (C=O) groups is 1. The SMILES string of the molecule is CC(C)OC(=O)c1cccc(-n2nncc2CN)c1. The van der Waals surface area contributed by atoms with Gasteiger partial charge in [0.15, 0.2) is 0 Å². The van der Waals surface area contributed by atoms with Crippen molar-refractivity contribution in [2.75, 3.05) is 0 Å². The summed E-state index contributed by atoms with van der Waals surface area (Å²) < 4.78 is 6.76. The molecular formula is C13H16N4O2. The van der Waals surface area contributed by atoms with E-state index in [1.54, 1.807) is 29.1 Å². The van der Waals surface area contributed by atoms with Gasteiger partial charge in [-0.1, -0.05) is 11.3 Å². The highest BCUT2D eigenvalue weighted by atomic mass is 16.5. The molecule has 1 heterocycles. The van der Waals surface area contributed by atoms with Crippen LogP contribution in [0.15, 0.2) is 30.5 Å². The summed E-state index contributed by atoms with van der Waals surface area (Å²) in [4.78, 5) is 11.8. The van der Waals surface area contributed by atoms with Gasteiger partial charge in [0.25, 0.3) is 0 Å². The summed E-state index contributed by atoms with van der Waals surface area (Å²) in [6.45, 7) is 3.95. The van der Waals surface area contributed by atoms with Gasteiger partial charge in [-0.3, -0.25) is 0 Å². The number of nitrogens with two attached hydrogens (primary N) is 1. The van der Waals surface area contributed by atoms with E-state index in [0.29, 0.717) is 12.1 Å². The molecule has 2 rings (SSSR count). The molecule has 6 nitrogen and oxygen atoms in total. The number of hydrogen-bond donors (Lipinski definition) is 1. The first kappa shape index (κ1) is 13.2. The molecule has 0 bridgehead atoms. The third-order valence-electron chi connectivity index (χ3n) is 2.50. The molecule has 19 heavy (non-hydrogen) atoms. The molecule has 0 saturated heterocycles. The van der Waals surface area contributed by atoms with Crippen LogP contribution in [-0.2, 0) is 11.3 Å². The van der Waals surface area contributed by atoms with Crippen LogP contribution in [0.1, 0.15) is 29.9 Å². The summed E-state index contributed by atoms with van der Waals surface area (Å²) in [5.74, 6) is -0.355. The minimum atomic E-state index is -0.355. The standard InChI is InChI=1S/C13H16N4O2/c1-9(2)19-13(18)10-4-3-5-11(6-10)17-12(7-14)8-15-16-17/h3-6,8-9H,7,14H2,1-2H3. The molecule has 0 saturated carbocycles. The van der Waals surface area contributed by atoms with E-state index in [4.69, 9.17) is 10.5 Å². The molecule has 0 unspecified atom stereocenters. The first-order valence-corrected chi connectivity index (χ1v) is 6.03. The van der Waals surface area contributed by atoms with Crippen molar-refractivity contribution in [1.82, 2.24) is 15.0 Å². The largest absolute Gasteiger partial charge is 0.459 e. The van der Waals surface area contributed by atoms with Crippen LogP contribution in [0.5, 0.6) is 0 Å². The zero-order valence-corrected chi connectivity index (χ0v) is 10.9. The van der Waals surface area contributed by atoms with Crippen LogP contribution in [0.2, 0.25) is 0 Å². The first-order valence-electron chi connectivity index (χ1n) is 6.03. The number of hydrogen-bond acceptors (Lipinski definition) is 5. The molecule has 0 atom stereocenters. The normalized spacial score (nSPS) is 10.7. The van der Waals surface area contributed by atoms with Crippen molar-refractivity contribution in [2.45, 2.75) is 26.5 Å². The Morgan fingerprint density at radius 3 is 2.95 bits per heavy atom. The molecule has 0 aliphatic heterocycles. The van der Waals surface area contributed by atoms with Gasteiger partial charge < -0.3 is 10.5 Å². The molecule has 1 aromatic heterocycles. The fourth-order valence-electron chi connectivity index (χ4n) is 1.66. The molecule has 0 aliphatic carbocycles. The molecule has 100 valence electrons. The van der Waals surface area contributed by atoms with Gasteiger partial charge in [-0.15, -0.1) is 5.10 Å². The van der Waals surface area contributed by atoms with E-state index in [1.165, 1.54) is 0 Å². The van der Waals surface area contributed by atoms with E-state index in [1.807, 2.05) is 19.9 Å². The summed E-state index contributed by atoms with van der Waals surface area (Å²) in [7, 11) is 0. The molecule has 2 aromatic rings. The highest BCUT2D eigenvalue weighted by molar-refractivity contribution is 5.90. The highest BCUT2D eigenvalue weighted by Crippen LogP contribution is 2.13. The average molecular weight is 260 g/mol. The van der Waals surface area contributed by atoms with Gasteiger partial charge in [0.2, 0.25) is 0 Å². The lowest BCUT2D eigenvalue weighted by Gasteiger charge is -2.09. The Hall–Kier alpha value is -2.21.